The van der Waals surface area contributed by atoms with Gasteiger partial charge in [-0.3, -0.25) is 0 Å². The lowest BCUT2D eigenvalue weighted by Gasteiger charge is -2.32. The number of H-pyrrole nitrogens is 4. The topological polar surface area (TPSA) is 319 Å². The fourth-order valence-corrected chi connectivity index (χ4v) is 13.1. The maximum Gasteiger partial charge on any atom is 0.500 e. The average molecular weight is 1620 g/mol. The number of pyridine rings is 5. The highest BCUT2D eigenvalue weighted by molar-refractivity contribution is 9.11. The van der Waals surface area contributed by atoms with E-state index in [9.17, 15) is 4.79 Å². The molecule has 0 amide bonds. The van der Waals surface area contributed by atoms with E-state index in [2.05, 4.69) is 119 Å². The average Bonchev–Trinajstić information content (AvgIpc) is 1.83. The summed E-state index contributed by atoms with van der Waals surface area (Å²) in [5.74, 6) is 3.85. The van der Waals surface area contributed by atoms with Gasteiger partial charge < -0.3 is 61.9 Å². The maximum absolute atomic E-state index is 12.4. The van der Waals surface area contributed by atoms with Crippen LogP contribution in [0.4, 0.5) is 16.2 Å². The van der Waals surface area contributed by atoms with Gasteiger partial charge in [-0.1, -0.05) is 44.0 Å². The van der Waals surface area contributed by atoms with E-state index in [0.717, 1.165) is 171 Å². The number of carbonyl (C=O) groups excluding carboxylic acids is 1. The second-order valence-corrected chi connectivity index (χ2v) is 29.7. The summed E-state index contributed by atoms with van der Waals surface area (Å²) >= 11 is 10.2. The molecule has 29 heteroatoms. The Morgan fingerprint density at radius 3 is 1.40 bits per heavy atom. The van der Waals surface area contributed by atoms with Crippen molar-refractivity contribution < 1.29 is 41.5 Å². The Labute approximate surface area is 635 Å². The van der Waals surface area contributed by atoms with Gasteiger partial charge in [0.05, 0.1) is 138 Å². The van der Waals surface area contributed by atoms with Crippen molar-refractivity contribution in [3.63, 3.8) is 0 Å². The first-order valence-corrected chi connectivity index (χ1v) is 36.2. The first-order valence-electron chi connectivity index (χ1n) is 33.8. The minimum Gasteiger partial charge on any atom is -0.443 e. The van der Waals surface area contributed by atoms with Crippen molar-refractivity contribution in [1.29, 1.82) is 0 Å². The predicted octanol–water partition coefficient (Wildman–Crippen LogP) is 19.8. The normalized spacial score (nSPS) is 13.0. The smallest absolute Gasteiger partial charge is 0.443 e. The number of hydrogen-bond donors (Lipinski definition) is 5. The molecule has 17 rings (SSSR count). The molecule has 0 aliphatic carbocycles. The number of para-hydroxylation sites is 1. The summed E-state index contributed by atoms with van der Waals surface area (Å²) in [5.41, 5.74) is 22.3. The van der Waals surface area contributed by atoms with Crippen molar-refractivity contribution in [1.82, 2.24) is 75.2 Å². The Bertz CT molecular complexity index is 5690. The first-order chi connectivity index (χ1) is 50.4. The third-order valence-corrected chi connectivity index (χ3v) is 19.4. The molecule has 5 N–H and O–H groups in total. The molecule has 1 fully saturated rings. The quantitative estimate of drug-likeness (QED) is 0.0731. The van der Waals surface area contributed by atoms with Gasteiger partial charge in [-0.2, -0.15) is 0 Å². The van der Waals surface area contributed by atoms with Crippen molar-refractivity contribution >= 4 is 133 Å². The monoisotopic (exact) mass is 1620 g/mol. The molecule has 0 spiro atoms. The fraction of sp³-hybridized carbons (Fsp3) is 0.260. The SMILES string of the molecule is Brc1ccc2[nH]ccc2n1.Cc1noc(C)c1-c1ccc2[nH]cc(Br)c2n1.Cc1noc(C)c1-c1ccc2[nH]cc(Nc3ccccc3)c2n1.Cc1noc(C)c1-c1ccc2[nH]ccc2n1.Cc1noc(C)c1-c1ccc2c(n1)c(Br)cn2C(=O)OC(C)(C)C.Cc1noc(C)c1B1OC(C)(C)C(C)(C)O1. The molecule has 0 atom stereocenters. The molecule has 1 aliphatic heterocycles. The molecule has 1 aliphatic rings. The van der Waals surface area contributed by atoms with Crippen molar-refractivity contribution in [2.24, 2.45) is 0 Å². The van der Waals surface area contributed by atoms with E-state index < -0.39 is 11.7 Å². The Kier molecular flexibility index (Phi) is 21.9. The number of nitrogens with zero attached hydrogens (tertiary/aromatic N) is 11. The lowest BCUT2D eigenvalue weighted by Crippen LogP contribution is -2.41. The van der Waals surface area contributed by atoms with Crippen LogP contribution in [0.15, 0.2) is 170 Å². The Balaban J connectivity index is 0.000000121. The van der Waals surface area contributed by atoms with Gasteiger partial charge in [0, 0.05) is 42.1 Å². The molecular formula is C77H78BBr3N16O9. The number of fused-ring (bicyclic) bond motifs is 5. The summed E-state index contributed by atoms with van der Waals surface area (Å²) in [4.78, 5) is 47.8. The third kappa shape index (κ3) is 16.3. The van der Waals surface area contributed by atoms with E-state index >= 15 is 0 Å². The standard InChI is InChI=1S/C18H16N4O.C17H18BrN3O3.C12H10BrN3O.C12H11N3O.C11H18BNO3.C7H5BrN2/c1-11-17(12(2)23-22-11)14-8-9-15-18(21-14)16(10-19-15)20-13-6-4-3-5-7-13;1-9-14(10(2)24-20-9)12-6-7-13-15(19-12)11(18)8-21(13)16(22)23-17(3,4)5;1-6-11(7(2)17-16-6)9-3-4-10-12(15-9)8(13)5-14-10;1-7-12(8(2)16-15-7)11-4-3-9-10(14-11)5-6-13-9;1-7-9(8(2)14-13-7)12-15-10(3,4)11(5,6)16-12;8-7-2-1-5-6(10-7)3-4-9-5/h3-10,19-20H,1-2H3;6-8H,1-5H3;3-5,14H,1-2H3;3-6,13H,1-2H3;1-6H3;1-4,9H. The summed E-state index contributed by atoms with van der Waals surface area (Å²) in [6.07, 6.45) is 8.81. The molecule has 25 nitrogen and oxygen atoms in total. The fourth-order valence-electron chi connectivity index (χ4n) is 11.8. The van der Waals surface area contributed by atoms with Crippen LogP contribution in [0.2, 0.25) is 0 Å². The molecule has 0 unspecified atom stereocenters. The van der Waals surface area contributed by atoms with Gasteiger partial charge in [-0.25, -0.2) is 34.3 Å². The number of anilines is 2. The molecule has 0 bridgehead atoms. The van der Waals surface area contributed by atoms with Crippen molar-refractivity contribution in [2.45, 2.75) is 135 Å². The zero-order chi connectivity index (χ0) is 75.7. The van der Waals surface area contributed by atoms with E-state index in [4.69, 9.17) is 41.6 Å². The number of rotatable bonds is 7. The summed E-state index contributed by atoms with van der Waals surface area (Å²) < 4.78 is 47.2. The number of aromatic amines is 4. The highest BCUT2D eigenvalue weighted by atomic mass is 79.9. The molecule has 1 aromatic carbocycles. The van der Waals surface area contributed by atoms with E-state index in [1.54, 1.807) is 6.20 Å². The number of carbonyl (C=O) groups is 1. The minimum absolute atomic E-state index is 0.326. The summed E-state index contributed by atoms with van der Waals surface area (Å²) in [5, 5.41) is 23.2. The highest BCUT2D eigenvalue weighted by Gasteiger charge is 2.53. The molecule has 1 saturated heterocycles. The third-order valence-electron chi connectivity index (χ3n) is 17.8. The largest absolute Gasteiger partial charge is 0.500 e. The molecule has 16 heterocycles. The summed E-state index contributed by atoms with van der Waals surface area (Å²) in [6, 6.07) is 33.5. The van der Waals surface area contributed by atoms with E-state index in [1.165, 1.54) is 4.57 Å². The number of aromatic nitrogens is 15. The van der Waals surface area contributed by atoms with Crippen LogP contribution in [0, 0.1) is 69.2 Å². The Hall–Kier alpha value is -10.6. The van der Waals surface area contributed by atoms with Crippen LogP contribution in [0.3, 0.4) is 0 Å². The number of benzene rings is 1. The van der Waals surface area contributed by atoms with Gasteiger partial charge in [0.1, 0.15) is 55.6 Å². The van der Waals surface area contributed by atoms with Crippen LogP contribution in [0.1, 0.15) is 106 Å². The Morgan fingerprint density at radius 2 is 0.906 bits per heavy atom. The van der Waals surface area contributed by atoms with Crippen LogP contribution in [-0.4, -0.2) is 105 Å². The van der Waals surface area contributed by atoms with E-state index in [-0.39, 0.29) is 18.3 Å². The van der Waals surface area contributed by atoms with Crippen molar-refractivity contribution in [3.8, 4) is 45.0 Å². The van der Waals surface area contributed by atoms with E-state index in [0.29, 0.717) is 16.8 Å². The summed E-state index contributed by atoms with van der Waals surface area (Å²) in [6.45, 7) is 32.6. The lowest BCUT2D eigenvalue weighted by atomic mass is 9.77. The lowest BCUT2D eigenvalue weighted by molar-refractivity contribution is 0.00578. The molecule has 16 aromatic rings. The second kappa shape index (κ2) is 30.9. The maximum atomic E-state index is 12.4. The van der Waals surface area contributed by atoms with Crippen LogP contribution >= 0.6 is 47.8 Å². The van der Waals surface area contributed by atoms with Gasteiger partial charge in [0.25, 0.3) is 0 Å². The van der Waals surface area contributed by atoms with Gasteiger partial charge in [-0.15, -0.1) is 0 Å². The number of nitrogens with one attached hydrogen (secondary N) is 5. The van der Waals surface area contributed by atoms with Gasteiger partial charge in [0.2, 0.25) is 0 Å². The summed E-state index contributed by atoms with van der Waals surface area (Å²) in [7, 11) is -0.378. The molecular weight excluding hydrogens is 1540 g/mol. The van der Waals surface area contributed by atoms with Crippen LogP contribution in [0.25, 0.3) is 100 Å². The minimum atomic E-state index is -0.565. The van der Waals surface area contributed by atoms with Crippen LogP contribution < -0.4 is 10.8 Å². The van der Waals surface area contributed by atoms with Crippen LogP contribution in [-0.2, 0) is 14.0 Å². The van der Waals surface area contributed by atoms with Gasteiger partial charge in [0.15, 0.2) is 0 Å². The Morgan fingerprint density at radius 1 is 0.472 bits per heavy atom. The predicted molar refractivity (Wildman–Crippen MR) is 420 cm³/mol. The number of halogens is 3. The van der Waals surface area contributed by atoms with Crippen molar-refractivity contribution in [2.75, 3.05) is 5.32 Å². The highest BCUT2D eigenvalue weighted by Crippen LogP contribution is 2.38. The first kappa shape index (κ1) is 75.1. The van der Waals surface area contributed by atoms with E-state index in [1.807, 2.05) is 246 Å². The molecule has 106 heavy (non-hydrogen) atoms. The molecule has 0 saturated carbocycles. The molecule has 544 valence electrons. The van der Waals surface area contributed by atoms with Crippen LogP contribution in [0.5, 0.6) is 0 Å². The van der Waals surface area contributed by atoms with Gasteiger partial charge >= 0.3 is 13.2 Å². The van der Waals surface area contributed by atoms with Gasteiger partial charge in [-0.05, 0) is 250 Å². The number of hydrogen-bond acceptors (Lipinski definition) is 20. The molecule has 0 radical (unpaired) electrons. The van der Waals surface area contributed by atoms with Crippen molar-refractivity contribution in [3.05, 3.63) is 205 Å². The number of aryl methyl sites for hydroxylation is 10. The zero-order valence-electron chi connectivity index (χ0n) is 61.5. The molecule has 15 aromatic heterocycles. The zero-order valence-corrected chi connectivity index (χ0v) is 66.3. The number of ether oxygens (including phenoxy) is 1. The second-order valence-electron chi connectivity index (χ2n) is 27.2.